The Morgan fingerprint density at radius 3 is 2.48 bits per heavy atom. The fraction of sp³-hybridized carbons (Fsp3) is 0.231. The van der Waals surface area contributed by atoms with E-state index in [1.165, 1.54) is 0 Å². The van der Waals surface area contributed by atoms with E-state index >= 15 is 0 Å². The normalized spacial score (nSPS) is 15.1. The number of unbranched alkanes of at least 4 members (excludes halogenated alkanes) is 1. The number of hydrogen-bond donors (Lipinski definition) is 1. The van der Waals surface area contributed by atoms with Crippen LogP contribution in [0.4, 0.5) is 17.1 Å². The summed E-state index contributed by atoms with van der Waals surface area (Å²) in [5.41, 5.74) is 2.84. The van der Waals surface area contributed by atoms with Crippen molar-refractivity contribution in [2.75, 3.05) is 21.7 Å². The molecule has 0 saturated carbocycles. The molecule has 1 N–H and O–H groups in total. The lowest BCUT2D eigenvalue weighted by Gasteiger charge is -2.18. The predicted molar refractivity (Wildman–Crippen MR) is 127 cm³/mol. The molecule has 0 bridgehead atoms. The molecule has 0 aromatic heterocycles. The molecular weight excluding hydrogens is 418 g/mol. The minimum absolute atomic E-state index is 0.0137. The van der Waals surface area contributed by atoms with Gasteiger partial charge in [0.15, 0.2) is 0 Å². The smallest absolute Gasteiger partial charge is 0.258 e. The van der Waals surface area contributed by atoms with E-state index in [1.807, 2.05) is 30.3 Å². The van der Waals surface area contributed by atoms with Crippen LogP contribution in [-0.2, 0) is 9.59 Å². The van der Waals surface area contributed by atoms with Gasteiger partial charge in [-0.2, -0.15) is 0 Å². The van der Waals surface area contributed by atoms with Gasteiger partial charge in [0.25, 0.3) is 11.8 Å². The standard InChI is InChI=1S/C26H23N3O4/c1-2-3-14-28-21-11-10-20(18-8-5-9-19(24(18)21)26(28)33)27-25(32)16-6-4-7-17(15-16)29-22(30)12-13-23(29)31/h4-11,15H,2-3,12-14H2,1H3,(H,27,32). The minimum Gasteiger partial charge on any atom is -0.321 e. The van der Waals surface area contributed by atoms with Crippen molar-refractivity contribution < 1.29 is 19.2 Å². The molecule has 2 heterocycles. The van der Waals surface area contributed by atoms with Gasteiger partial charge in [-0.3, -0.25) is 24.1 Å². The highest BCUT2D eigenvalue weighted by molar-refractivity contribution is 6.27. The third-order valence-electron chi connectivity index (χ3n) is 6.19. The molecule has 1 fully saturated rings. The van der Waals surface area contributed by atoms with E-state index in [1.54, 1.807) is 29.2 Å². The van der Waals surface area contributed by atoms with Crippen molar-refractivity contribution in [3.63, 3.8) is 0 Å². The molecule has 166 valence electrons. The molecule has 0 radical (unpaired) electrons. The first-order chi connectivity index (χ1) is 16.0. The van der Waals surface area contributed by atoms with Crippen molar-refractivity contribution >= 4 is 51.5 Å². The largest absolute Gasteiger partial charge is 0.321 e. The fourth-order valence-electron chi connectivity index (χ4n) is 4.54. The molecule has 4 amide bonds. The quantitative estimate of drug-likeness (QED) is 0.571. The topological polar surface area (TPSA) is 86.8 Å². The van der Waals surface area contributed by atoms with E-state index in [9.17, 15) is 19.2 Å². The number of rotatable bonds is 6. The average molecular weight is 441 g/mol. The summed E-state index contributed by atoms with van der Waals surface area (Å²) in [5, 5.41) is 4.58. The summed E-state index contributed by atoms with van der Waals surface area (Å²) in [4.78, 5) is 53.1. The van der Waals surface area contributed by atoms with Crippen LogP contribution in [0.25, 0.3) is 10.8 Å². The Morgan fingerprint density at radius 1 is 0.970 bits per heavy atom. The van der Waals surface area contributed by atoms with Crippen molar-refractivity contribution in [2.45, 2.75) is 32.6 Å². The molecule has 5 rings (SSSR count). The second-order valence-corrected chi connectivity index (χ2v) is 8.30. The van der Waals surface area contributed by atoms with E-state index in [4.69, 9.17) is 0 Å². The van der Waals surface area contributed by atoms with Crippen LogP contribution in [0.15, 0.2) is 54.6 Å². The van der Waals surface area contributed by atoms with Crippen molar-refractivity contribution in [2.24, 2.45) is 0 Å². The molecule has 0 spiro atoms. The van der Waals surface area contributed by atoms with Crippen LogP contribution in [0.5, 0.6) is 0 Å². The summed E-state index contributed by atoms with van der Waals surface area (Å²) < 4.78 is 0. The van der Waals surface area contributed by atoms with Crippen LogP contribution in [0.2, 0.25) is 0 Å². The van der Waals surface area contributed by atoms with Gasteiger partial charge in [-0.05, 0) is 42.8 Å². The molecule has 0 unspecified atom stereocenters. The van der Waals surface area contributed by atoms with Gasteiger partial charge in [0.1, 0.15) is 0 Å². The summed E-state index contributed by atoms with van der Waals surface area (Å²) in [6.07, 6.45) is 2.27. The summed E-state index contributed by atoms with van der Waals surface area (Å²) in [7, 11) is 0. The first kappa shape index (κ1) is 20.9. The minimum atomic E-state index is -0.358. The fourth-order valence-corrected chi connectivity index (χ4v) is 4.54. The zero-order chi connectivity index (χ0) is 23.1. The Balaban J connectivity index is 1.47. The predicted octanol–water partition coefficient (Wildman–Crippen LogP) is 4.51. The van der Waals surface area contributed by atoms with Gasteiger partial charge in [0.05, 0.1) is 11.4 Å². The number of carbonyl (C=O) groups is 4. The maximum atomic E-state index is 13.1. The van der Waals surface area contributed by atoms with Crippen LogP contribution in [0.3, 0.4) is 0 Å². The summed E-state index contributed by atoms with van der Waals surface area (Å²) in [6, 6.07) is 15.7. The van der Waals surface area contributed by atoms with E-state index in [2.05, 4.69) is 12.2 Å². The summed E-state index contributed by atoms with van der Waals surface area (Å²) in [5.74, 6) is -0.895. The average Bonchev–Trinajstić information content (AvgIpc) is 3.30. The lowest BCUT2D eigenvalue weighted by atomic mass is 10.0. The Morgan fingerprint density at radius 2 is 1.73 bits per heavy atom. The number of carbonyl (C=O) groups excluding carboxylic acids is 4. The number of benzene rings is 3. The number of hydrogen-bond acceptors (Lipinski definition) is 4. The lowest BCUT2D eigenvalue weighted by Crippen LogP contribution is -2.28. The van der Waals surface area contributed by atoms with Crippen LogP contribution >= 0.6 is 0 Å². The van der Waals surface area contributed by atoms with E-state index in [0.717, 1.165) is 34.2 Å². The van der Waals surface area contributed by atoms with Gasteiger partial charge in [0.2, 0.25) is 11.8 Å². The molecule has 3 aromatic carbocycles. The Bertz CT molecular complexity index is 1310. The SMILES string of the molecule is CCCCN1C(=O)c2cccc3c(NC(=O)c4cccc(N5C(=O)CCC5=O)c4)ccc1c23. The second kappa shape index (κ2) is 8.16. The third-order valence-corrected chi connectivity index (χ3v) is 6.19. The van der Waals surface area contributed by atoms with E-state index in [0.29, 0.717) is 29.0 Å². The van der Waals surface area contributed by atoms with Crippen LogP contribution < -0.4 is 15.1 Å². The molecule has 0 aliphatic carbocycles. The molecule has 7 nitrogen and oxygen atoms in total. The second-order valence-electron chi connectivity index (χ2n) is 8.30. The molecule has 1 saturated heterocycles. The van der Waals surface area contributed by atoms with Gasteiger partial charge in [-0.1, -0.05) is 31.5 Å². The zero-order valence-electron chi connectivity index (χ0n) is 18.3. The highest BCUT2D eigenvalue weighted by Crippen LogP contribution is 2.40. The van der Waals surface area contributed by atoms with Crippen molar-refractivity contribution in [1.29, 1.82) is 0 Å². The maximum Gasteiger partial charge on any atom is 0.258 e. The Kier molecular flexibility index (Phi) is 5.17. The monoisotopic (exact) mass is 441 g/mol. The molecule has 2 aliphatic rings. The molecular formula is C26H23N3O4. The number of nitrogens with one attached hydrogen (secondary N) is 1. The molecule has 3 aromatic rings. The number of imide groups is 1. The number of nitrogens with zero attached hydrogens (tertiary/aromatic N) is 2. The van der Waals surface area contributed by atoms with Crippen molar-refractivity contribution in [1.82, 2.24) is 0 Å². The third kappa shape index (κ3) is 3.46. The van der Waals surface area contributed by atoms with Gasteiger partial charge in [-0.15, -0.1) is 0 Å². The van der Waals surface area contributed by atoms with Gasteiger partial charge < -0.3 is 10.2 Å². The number of anilines is 3. The molecule has 7 heteroatoms. The van der Waals surface area contributed by atoms with Crippen molar-refractivity contribution in [3.05, 3.63) is 65.7 Å². The Hall–Kier alpha value is -4.00. The van der Waals surface area contributed by atoms with Crippen LogP contribution in [-0.4, -0.2) is 30.2 Å². The highest BCUT2D eigenvalue weighted by Gasteiger charge is 2.31. The van der Waals surface area contributed by atoms with Gasteiger partial charge in [0, 0.05) is 47.0 Å². The van der Waals surface area contributed by atoms with E-state index < -0.39 is 0 Å². The van der Waals surface area contributed by atoms with Crippen molar-refractivity contribution in [3.8, 4) is 0 Å². The first-order valence-corrected chi connectivity index (χ1v) is 11.1. The summed E-state index contributed by atoms with van der Waals surface area (Å²) in [6.45, 7) is 2.75. The first-order valence-electron chi connectivity index (χ1n) is 11.1. The van der Waals surface area contributed by atoms with E-state index in [-0.39, 0.29) is 36.5 Å². The molecule has 33 heavy (non-hydrogen) atoms. The molecule has 2 aliphatic heterocycles. The lowest BCUT2D eigenvalue weighted by molar-refractivity contribution is -0.121. The van der Waals surface area contributed by atoms with Gasteiger partial charge >= 0.3 is 0 Å². The zero-order valence-corrected chi connectivity index (χ0v) is 18.3. The van der Waals surface area contributed by atoms with Crippen LogP contribution in [0, 0.1) is 0 Å². The number of amides is 4. The highest BCUT2D eigenvalue weighted by atomic mass is 16.2. The van der Waals surface area contributed by atoms with Gasteiger partial charge in [-0.25, -0.2) is 0 Å². The maximum absolute atomic E-state index is 13.1. The molecule has 0 atom stereocenters. The Labute approximate surface area is 191 Å². The summed E-state index contributed by atoms with van der Waals surface area (Å²) >= 11 is 0. The van der Waals surface area contributed by atoms with Crippen LogP contribution in [0.1, 0.15) is 53.3 Å².